The second kappa shape index (κ2) is 8.04. The summed E-state index contributed by atoms with van der Waals surface area (Å²) < 4.78 is 8.27. The standard InChI is InChI=1S/C18H13BrCl2N2O2/c19-14-5-1-13(2-6-14)18(24)25-16(12-3-7-15(20)8-4-12)17(21)23-10-9-22-11-23/h1-11,16-17H. The van der Waals surface area contributed by atoms with Crippen LogP contribution in [0.1, 0.15) is 27.5 Å². The van der Waals surface area contributed by atoms with Crippen LogP contribution in [0.4, 0.5) is 0 Å². The Bertz CT molecular complexity index is 837. The lowest BCUT2D eigenvalue weighted by molar-refractivity contribution is 0.0238. The van der Waals surface area contributed by atoms with Crippen molar-refractivity contribution in [2.24, 2.45) is 0 Å². The largest absolute Gasteiger partial charge is 0.450 e. The SMILES string of the molecule is O=C(OC(c1ccc(Cl)cc1)C(Cl)n1ccnc1)c1ccc(Br)cc1. The molecule has 0 saturated carbocycles. The van der Waals surface area contributed by atoms with Crippen LogP contribution in [0.15, 0.2) is 71.7 Å². The summed E-state index contributed by atoms with van der Waals surface area (Å²) in [7, 11) is 0. The van der Waals surface area contributed by atoms with Gasteiger partial charge in [-0.1, -0.05) is 51.3 Å². The predicted molar refractivity (Wildman–Crippen MR) is 101 cm³/mol. The highest BCUT2D eigenvalue weighted by atomic mass is 79.9. The lowest BCUT2D eigenvalue weighted by Gasteiger charge is -2.24. The summed E-state index contributed by atoms with van der Waals surface area (Å²) in [6.07, 6.45) is 4.21. The number of aromatic nitrogens is 2. The fourth-order valence-corrected chi connectivity index (χ4v) is 2.98. The maximum absolute atomic E-state index is 12.5. The Hall–Kier alpha value is -1.82. The third kappa shape index (κ3) is 4.42. The van der Waals surface area contributed by atoms with Crippen LogP contribution >= 0.6 is 39.1 Å². The number of nitrogens with zero attached hydrogens (tertiary/aromatic N) is 2. The molecular formula is C18H13BrCl2N2O2. The first-order chi connectivity index (χ1) is 12.0. The number of hydrogen-bond acceptors (Lipinski definition) is 3. The van der Waals surface area contributed by atoms with Crippen LogP contribution in [0.25, 0.3) is 0 Å². The summed E-state index contributed by atoms with van der Waals surface area (Å²) in [4.78, 5) is 16.5. The molecule has 0 saturated heterocycles. The molecule has 2 atom stereocenters. The van der Waals surface area contributed by atoms with E-state index in [0.29, 0.717) is 10.6 Å². The number of carbonyl (C=O) groups is 1. The monoisotopic (exact) mass is 438 g/mol. The number of alkyl halides is 1. The highest BCUT2D eigenvalue weighted by molar-refractivity contribution is 9.10. The van der Waals surface area contributed by atoms with Crippen molar-refractivity contribution in [3.05, 3.63) is 87.9 Å². The van der Waals surface area contributed by atoms with Gasteiger partial charge in [-0.05, 0) is 42.0 Å². The van der Waals surface area contributed by atoms with Crippen LogP contribution in [-0.4, -0.2) is 15.5 Å². The predicted octanol–water partition coefficient (Wildman–Crippen LogP) is 5.63. The number of hydrogen-bond donors (Lipinski definition) is 0. The molecule has 1 aromatic heterocycles. The smallest absolute Gasteiger partial charge is 0.338 e. The highest BCUT2D eigenvalue weighted by Crippen LogP contribution is 2.34. The number of benzene rings is 2. The van der Waals surface area contributed by atoms with Crippen LogP contribution in [0, 0.1) is 0 Å². The molecule has 25 heavy (non-hydrogen) atoms. The van der Waals surface area contributed by atoms with E-state index in [9.17, 15) is 4.79 Å². The van der Waals surface area contributed by atoms with Crippen molar-refractivity contribution in [3.63, 3.8) is 0 Å². The topological polar surface area (TPSA) is 44.1 Å². The van der Waals surface area contributed by atoms with Crippen molar-refractivity contribution in [1.82, 2.24) is 9.55 Å². The third-order valence-electron chi connectivity index (χ3n) is 3.57. The van der Waals surface area contributed by atoms with E-state index in [4.69, 9.17) is 27.9 Å². The number of imidazole rings is 1. The molecule has 3 rings (SSSR count). The lowest BCUT2D eigenvalue weighted by atomic mass is 10.1. The summed E-state index contributed by atoms with van der Waals surface area (Å²) in [5, 5.41) is 0.593. The lowest BCUT2D eigenvalue weighted by Crippen LogP contribution is -2.19. The van der Waals surface area contributed by atoms with Gasteiger partial charge in [-0.15, -0.1) is 0 Å². The molecule has 0 N–H and O–H groups in total. The zero-order chi connectivity index (χ0) is 17.8. The van der Waals surface area contributed by atoms with Crippen molar-refractivity contribution in [1.29, 1.82) is 0 Å². The van der Waals surface area contributed by atoms with Gasteiger partial charge in [0.2, 0.25) is 0 Å². The van der Waals surface area contributed by atoms with Gasteiger partial charge in [0.25, 0.3) is 0 Å². The number of halogens is 3. The van der Waals surface area contributed by atoms with Gasteiger partial charge in [0.15, 0.2) is 6.10 Å². The molecule has 0 aliphatic heterocycles. The maximum Gasteiger partial charge on any atom is 0.338 e. The molecule has 0 aliphatic carbocycles. The summed E-state index contributed by atoms with van der Waals surface area (Å²) in [6, 6.07) is 14.0. The molecule has 0 bridgehead atoms. The van der Waals surface area contributed by atoms with E-state index in [-0.39, 0.29) is 0 Å². The Kier molecular flexibility index (Phi) is 5.78. The van der Waals surface area contributed by atoms with Crippen LogP contribution in [0.5, 0.6) is 0 Å². The van der Waals surface area contributed by atoms with Gasteiger partial charge < -0.3 is 9.30 Å². The zero-order valence-corrected chi connectivity index (χ0v) is 15.9. The summed E-state index contributed by atoms with van der Waals surface area (Å²) >= 11 is 15.8. The van der Waals surface area contributed by atoms with E-state index in [1.165, 1.54) is 0 Å². The van der Waals surface area contributed by atoms with E-state index in [1.807, 2.05) is 0 Å². The Labute approximate surface area is 163 Å². The molecule has 0 spiro atoms. The fourth-order valence-electron chi connectivity index (χ4n) is 2.28. The van der Waals surface area contributed by atoms with Gasteiger partial charge in [0.1, 0.15) is 5.50 Å². The van der Waals surface area contributed by atoms with Gasteiger partial charge >= 0.3 is 5.97 Å². The van der Waals surface area contributed by atoms with Crippen molar-refractivity contribution >= 4 is 45.1 Å². The fraction of sp³-hybridized carbons (Fsp3) is 0.111. The zero-order valence-electron chi connectivity index (χ0n) is 12.9. The normalized spacial score (nSPS) is 13.2. The molecule has 0 fully saturated rings. The minimum absolute atomic E-state index is 0.441. The quantitative estimate of drug-likeness (QED) is 0.382. The molecule has 0 radical (unpaired) electrons. The average molecular weight is 440 g/mol. The van der Waals surface area contributed by atoms with Gasteiger partial charge in [-0.2, -0.15) is 0 Å². The van der Waals surface area contributed by atoms with E-state index in [2.05, 4.69) is 20.9 Å². The molecule has 2 aromatic carbocycles. The molecule has 7 heteroatoms. The average Bonchev–Trinajstić information content (AvgIpc) is 3.15. The summed E-state index contributed by atoms with van der Waals surface area (Å²) in [6.45, 7) is 0. The van der Waals surface area contributed by atoms with E-state index < -0.39 is 17.6 Å². The second-order valence-electron chi connectivity index (χ2n) is 5.27. The molecule has 1 heterocycles. The van der Waals surface area contributed by atoms with E-state index in [0.717, 1.165) is 10.0 Å². The molecule has 2 unspecified atom stereocenters. The third-order valence-corrected chi connectivity index (χ3v) is 4.81. The Morgan fingerprint density at radius 2 is 1.80 bits per heavy atom. The first kappa shape index (κ1) is 18.0. The minimum atomic E-state index is -0.704. The molecular weight excluding hydrogens is 427 g/mol. The van der Waals surface area contributed by atoms with Crippen molar-refractivity contribution in [2.75, 3.05) is 0 Å². The first-order valence-corrected chi connectivity index (χ1v) is 8.99. The number of rotatable bonds is 5. The molecule has 4 nitrogen and oxygen atoms in total. The minimum Gasteiger partial charge on any atom is -0.450 e. The Balaban J connectivity index is 1.89. The second-order valence-corrected chi connectivity index (χ2v) is 7.07. The molecule has 128 valence electrons. The van der Waals surface area contributed by atoms with Crippen LogP contribution in [0.2, 0.25) is 5.02 Å². The first-order valence-electron chi connectivity index (χ1n) is 7.38. The number of esters is 1. The van der Waals surface area contributed by atoms with E-state index in [1.54, 1.807) is 71.8 Å². The Morgan fingerprint density at radius 3 is 2.40 bits per heavy atom. The molecule has 0 aliphatic rings. The summed E-state index contributed by atoms with van der Waals surface area (Å²) in [5.41, 5.74) is 0.531. The van der Waals surface area contributed by atoms with Crippen LogP contribution in [-0.2, 0) is 4.74 Å². The maximum atomic E-state index is 12.5. The van der Waals surface area contributed by atoms with Gasteiger partial charge in [-0.3, -0.25) is 0 Å². The number of ether oxygens (including phenoxy) is 1. The van der Waals surface area contributed by atoms with Gasteiger partial charge in [0.05, 0.1) is 11.9 Å². The molecule has 0 amide bonds. The van der Waals surface area contributed by atoms with E-state index >= 15 is 0 Å². The van der Waals surface area contributed by atoms with Crippen molar-refractivity contribution in [2.45, 2.75) is 11.6 Å². The van der Waals surface area contributed by atoms with Crippen LogP contribution in [0.3, 0.4) is 0 Å². The highest BCUT2D eigenvalue weighted by Gasteiger charge is 2.27. The van der Waals surface area contributed by atoms with Gasteiger partial charge in [0, 0.05) is 21.9 Å². The molecule has 3 aromatic rings. The number of carbonyl (C=O) groups excluding carboxylic acids is 1. The van der Waals surface area contributed by atoms with Crippen molar-refractivity contribution < 1.29 is 9.53 Å². The summed E-state index contributed by atoms with van der Waals surface area (Å²) in [5.74, 6) is -0.460. The van der Waals surface area contributed by atoms with Crippen molar-refractivity contribution in [3.8, 4) is 0 Å². The van der Waals surface area contributed by atoms with Gasteiger partial charge in [-0.25, -0.2) is 9.78 Å². The van der Waals surface area contributed by atoms with Crippen LogP contribution < -0.4 is 0 Å². The Morgan fingerprint density at radius 1 is 1.12 bits per heavy atom.